The lowest BCUT2D eigenvalue weighted by molar-refractivity contribution is -0.158. The number of aliphatic hydroxyl groups excluding tert-OH is 2. The van der Waals surface area contributed by atoms with Gasteiger partial charge in [-0.25, -0.2) is 4.79 Å². The lowest BCUT2D eigenvalue weighted by Crippen LogP contribution is -2.30. The molecule has 0 aliphatic rings. The number of alkyl halides is 3. The number of halogens is 4. The van der Waals surface area contributed by atoms with E-state index >= 15 is 0 Å². The van der Waals surface area contributed by atoms with Crippen molar-refractivity contribution < 1.29 is 32.9 Å². The number of methoxy groups -OCH3 is 1. The van der Waals surface area contributed by atoms with Crippen LogP contribution >= 0.6 is 11.6 Å². The maximum Gasteiger partial charge on any atom is 0.416 e. The minimum Gasteiger partial charge on any atom is -0.467 e. The van der Waals surface area contributed by atoms with Gasteiger partial charge in [-0.05, 0) is 17.7 Å². The zero-order valence-electron chi connectivity index (χ0n) is 9.61. The number of carbonyl (C=O) groups is 1. The summed E-state index contributed by atoms with van der Waals surface area (Å²) >= 11 is 5.46. The van der Waals surface area contributed by atoms with Crippen molar-refractivity contribution in [3.8, 4) is 0 Å². The summed E-state index contributed by atoms with van der Waals surface area (Å²) in [5.41, 5.74) is -1.88. The Kier molecular flexibility index (Phi) is 4.78. The molecule has 1 rings (SSSR count). The standard InChI is InChI=1S/C11H10ClF3O4/c1-19-10(18)9(17)8(16)6-3-2-5(12)4-7(6)11(13,14)15/h2-4,8-9,16-17H,1H3. The van der Waals surface area contributed by atoms with Gasteiger partial charge in [-0.3, -0.25) is 0 Å². The number of hydrogen-bond donors (Lipinski definition) is 2. The molecule has 0 aromatic heterocycles. The molecule has 19 heavy (non-hydrogen) atoms. The molecule has 0 saturated carbocycles. The summed E-state index contributed by atoms with van der Waals surface area (Å²) in [6.07, 6.45) is -8.97. The van der Waals surface area contributed by atoms with Gasteiger partial charge in [0.15, 0.2) is 6.10 Å². The molecule has 2 N–H and O–H groups in total. The van der Waals surface area contributed by atoms with Gasteiger partial charge in [0.25, 0.3) is 0 Å². The summed E-state index contributed by atoms with van der Waals surface area (Å²) in [7, 11) is 0.935. The summed E-state index contributed by atoms with van der Waals surface area (Å²) in [6.45, 7) is 0. The Morgan fingerprint density at radius 3 is 2.42 bits per heavy atom. The molecular weight excluding hydrogens is 289 g/mol. The van der Waals surface area contributed by atoms with E-state index in [-0.39, 0.29) is 5.02 Å². The normalized spacial score (nSPS) is 14.9. The Morgan fingerprint density at radius 2 is 1.95 bits per heavy atom. The molecule has 0 fully saturated rings. The van der Waals surface area contributed by atoms with Crippen molar-refractivity contribution in [2.45, 2.75) is 18.4 Å². The van der Waals surface area contributed by atoms with Crippen molar-refractivity contribution in [3.63, 3.8) is 0 Å². The minimum atomic E-state index is -4.78. The summed E-state index contributed by atoms with van der Waals surface area (Å²) in [5, 5.41) is 18.8. The molecule has 2 atom stereocenters. The third kappa shape index (κ3) is 3.59. The molecule has 0 amide bonds. The van der Waals surface area contributed by atoms with Crippen molar-refractivity contribution >= 4 is 17.6 Å². The van der Waals surface area contributed by atoms with E-state index in [1.165, 1.54) is 0 Å². The van der Waals surface area contributed by atoms with E-state index in [1.54, 1.807) is 0 Å². The monoisotopic (exact) mass is 298 g/mol. The summed E-state index contributed by atoms with van der Waals surface area (Å²) in [5.74, 6) is -1.24. The maximum absolute atomic E-state index is 12.8. The van der Waals surface area contributed by atoms with Crippen LogP contribution in [-0.4, -0.2) is 29.4 Å². The highest BCUT2D eigenvalue weighted by molar-refractivity contribution is 6.30. The van der Waals surface area contributed by atoms with Gasteiger partial charge >= 0.3 is 12.1 Å². The minimum absolute atomic E-state index is 0.184. The quantitative estimate of drug-likeness (QED) is 0.837. The zero-order valence-corrected chi connectivity index (χ0v) is 10.4. The lowest BCUT2D eigenvalue weighted by atomic mass is 9.98. The van der Waals surface area contributed by atoms with E-state index in [1.807, 2.05) is 0 Å². The van der Waals surface area contributed by atoms with Gasteiger partial charge in [-0.2, -0.15) is 13.2 Å². The predicted octanol–water partition coefficient (Wildman–Crippen LogP) is 1.93. The first-order chi connectivity index (χ1) is 8.68. The fourth-order valence-corrected chi connectivity index (χ4v) is 1.62. The molecule has 106 valence electrons. The largest absolute Gasteiger partial charge is 0.467 e. The highest BCUT2D eigenvalue weighted by Gasteiger charge is 2.38. The number of esters is 1. The summed E-state index contributed by atoms with van der Waals surface area (Å²) in [6, 6.07) is 2.60. The second kappa shape index (κ2) is 5.77. The molecule has 4 nitrogen and oxygen atoms in total. The molecule has 2 unspecified atom stereocenters. The number of aliphatic hydroxyl groups is 2. The zero-order chi connectivity index (χ0) is 14.8. The maximum atomic E-state index is 12.8. The Labute approximate surface area is 111 Å². The topological polar surface area (TPSA) is 66.8 Å². The van der Waals surface area contributed by atoms with Crippen LogP contribution in [0.15, 0.2) is 18.2 Å². The van der Waals surface area contributed by atoms with Crippen LogP contribution < -0.4 is 0 Å². The van der Waals surface area contributed by atoms with Gasteiger partial charge in [0.1, 0.15) is 6.10 Å². The van der Waals surface area contributed by atoms with Gasteiger partial charge < -0.3 is 14.9 Å². The molecule has 0 radical (unpaired) electrons. The fraction of sp³-hybridized carbons (Fsp3) is 0.364. The number of carbonyl (C=O) groups excluding carboxylic acids is 1. The Hall–Kier alpha value is -1.31. The third-order valence-electron chi connectivity index (χ3n) is 2.38. The first-order valence-electron chi connectivity index (χ1n) is 4.99. The van der Waals surface area contributed by atoms with Crippen LogP contribution in [0.3, 0.4) is 0 Å². The van der Waals surface area contributed by atoms with Crippen LogP contribution in [0.25, 0.3) is 0 Å². The molecule has 1 aromatic rings. The molecule has 0 saturated heterocycles. The molecule has 0 aliphatic heterocycles. The lowest BCUT2D eigenvalue weighted by Gasteiger charge is -2.20. The van der Waals surface area contributed by atoms with E-state index in [0.717, 1.165) is 19.2 Å². The van der Waals surface area contributed by atoms with E-state index in [9.17, 15) is 28.2 Å². The van der Waals surface area contributed by atoms with Gasteiger partial charge in [0.2, 0.25) is 0 Å². The van der Waals surface area contributed by atoms with Gasteiger partial charge in [0.05, 0.1) is 12.7 Å². The van der Waals surface area contributed by atoms with Crippen LogP contribution in [-0.2, 0) is 15.7 Å². The molecule has 0 spiro atoms. The van der Waals surface area contributed by atoms with Crippen molar-refractivity contribution in [2.24, 2.45) is 0 Å². The van der Waals surface area contributed by atoms with E-state index in [2.05, 4.69) is 4.74 Å². The smallest absolute Gasteiger partial charge is 0.416 e. The van der Waals surface area contributed by atoms with Crippen molar-refractivity contribution in [1.82, 2.24) is 0 Å². The first kappa shape index (κ1) is 15.7. The van der Waals surface area contributed by atoms with Crippen LogP contribution in [0.5, 0.6) is 0 Å². The Bertz CT molecular complexity index is 475. The van der Waals surface area contributed by atoms with Crippen molar-refractivity contribution in [3.05, 3.63) is 34.3 Å². The van der Waals surface area contributed by atoms with Crippen molar-refractivity contribution in [2.75, 3.05) is 7.11 Å². The molecule has 0 aliphatic carbocycles. The van der Waals surface area contributed by atoms with Crippen LogP contribution in [0, 0.1) is 0 Å². The first-order valence-corrected chi connectivity index (χ1v) is 5.37. The van der Waals surface area contributed by atoms with Gasteiger partial charge in [-0.15, -0.1) is 0 Å². The molecule has 8 heteroatoms. The number of rotatable bonds is 3. The fourth-order valence-electron chi connectivity index (χ4n) is 1.45. The highest BCUT2D eigenvalue weighted by atomic mass is 35.5. The number of ether oxygens (including phenoxy) is 1. The third-order valence-corrected chi connectivity index (χ3v) is 2.62. The van der Waals surface area contributed by atoms with E-state index in [0.29, 0.717) is 6.07 Å². The number of benzene rings is 1. The summed E-state index contributed by atoms with van der Waals surface area (Å²) in [4.78, 5) is 11.0. The van der Waals surface area contributed by atoms with Crippen LogP contribution in [0.1, 0.15) is 17.2 Å². The average molecular weight is 299 g/mol. The van der Waals surface area contributed by atoms with Gasteiger partial charge in [0, 0.05) is 5.02 Å². The van der Waals surface area contributed by atoms with Crippen LogP contribution in [0.4, 0.5) is 13.2 Å². The molecule has 0 bridgehead atoms. The Balaban J connectivity index is 3.23. The summed E-state index contributed by atoms with van der Waals surface area (Å²) < 4.78 is 42.5. The van der Waals surface area contributed by atoms with E-state index < -0.39 is 35.5 Å². The number of hydrogen-bond acceptors (Lipinski definition) is 4. The molecular formula is C11H10ClF3O4. The van der Waals surface area contributed by atoms with Crippen LogP contribution in [0.2, 0.25) is 5.02 Å². The highest BCUT2D eigenvalue weighted by Crippen LogP contribution is 2.37. The average Bonchev–Trinajstić information content (AvgIpc) is 2.35. The molecule has 0 heterocycles. The second-order valence-electron chi connectivity index (χ2n) is 3.64. The Morgan fingerprint density at radius 1 is 1.37 bits per heavy atom. The second-order valence-corrected chi connectivity index (χ2v) is 4.08. The van der Waals surface area contributed by atoms with Gasteiger partial charge in [-0.1, -0.05) is 17.7 Å². The SMILES string of the molecule is COC(=O)C(O)C(O)c1ccc(Cl)cc1C(F)(F)F. The van der Waals surface area contributed by atoms with E-state index in [4.69, 9.17) is 11.6 Å². The predicted molar refractivity (Wildman–Crippen MR) is 59.4 cm³/mol. The van der Waals surface area contributed by atoms with Crippen molar-refractivity contribution in [1.29, 1.82) is 0 Å². The molecule has 1 aromatic carbocycles.